The van der Waals surface area contributed by atoms with Gasteiger partial charge in [-0.1, -0.05) is 419 Å². The quantitative estimate of drug-likeness (QED) is 0.0471. The van der Waals surface area contributed by atoms with Gasteiger partial charge in [0.15, 0.2) is 0 Å². The standard InChI is InChI=1S/C79H152S3/c1-5-9-13-16-19-22-25-28-31-34-37-40-43-46-49-52-55-58-61-64-67-71-80-77-74-76(70-12-8-4)75-78(81-72-68-65-62-59-56-53-50-47-44-41-38-35-32-29-26-23-20-17-14-10-6-2)79(77)82-73-69-66-63-60-57-54-51-48-45-42-39-36-33-30-27-24-21-18-15-11-7-3/h74-75H,5-73H2,1-4H3. The fraction of sp³-hybridized carbons (Fsp3) is 0.924. The van der Waals surface area contributed by atoms with Gasteiger partial charge in [-0.3, -0.25) is 0 Å². The van der Waals surface area contributed by atoms with Gasteiger partial charge in [-0.2, -0.15) is 0 Å². The minimum absolute atomic E-state index is 1.25. The lowest BCUT2D eigenvalue weighted by Crippen LogP contribution is -1.95. The number of benzene rings is 1. The summed E-state index contributed by atoms with van der Waals surface area (Å²) in [6.45, 7) is 9.34. The van der Waals surface area contributed by atoms with Gasteiger partial charge in [-0.25, -0.2) is 0 Å². The topological polar surface area (TPSA) is 0 Å². The van der Waals surface area contributed by atoms with E-state index in [1.54, 1.807) is 20.2 Å². The number of rotatable bonds is 72. The van der Waals surface area contributed by atoms with Crippen LogP contribution in [0.3, 0.4) is 0 Å². The second-order valence-electron chi connectivity index (χ2n) is 26.8. The van der Waals surface area contributed by atoms with Crippen LogP contribution in [0.2, 0.25) is 0 Å². The van der Waals surface area contributed by atoms with E-state index in [0.717, 1.165) is 0 Å². The van der Waals surface area contributed by atoms with E-state index < -0.39 is 0 Å². The third-order valence-electron chi connectivity index (χ3n) is 18.4. The van der Waals surface area contributed by atoms with E-state index in [2.05, 4.69) is 75.1 Å². The van der Waals surface area contributed by atoms with Crippen LogP contribution in [0, 0.1) is 0 Å². The van der Waals surface area contributed by atoms with Gasteiger partial charge in [0.2, 0.25) is 0 Å². The number of unbranched alkanes of at least 4 members (excludes halogenated alkanes) is 61. The molecule has 0 spiro atoms. The number of aryl methyl sites for hydroxylation is 1. The van der Waals surface area contributed by atoms with Crippen LogP contribution >= 0.6 is 35.3 Å². The minimum atomic E-state index is 1.25. The Morgan fingerprint density at radius 1 is 0.183 bits per heavy atom. The Bertz CT molecular complexity index is 1250. The Labute approximate surface area is 532 Å². The summed E-state index contributed by atoms with van der Waals surface area (Å²) < 4.78 is 0. The predicted molar refractivity (Wildman–Crippen MR) is 385 cm³/mol. The van der Waals surface area contributed by atoms with Crippen molar-refractivity contribution < 1.29 is 0 Å². The van der Waals surface area contributed by atoms with Gasteiger partial charge in [0.25, 0.3) is 0 Å². The molecule has 0 nitrogen and oxygen atoms in total. The Hall–Kier alpha value is 0.270. The molecule has 1 aromatic carbocycles. The monoisotopic (exact) mass is 1200 g/mol. The summed E-state index contributed by atoms with van der Waals surface area (Å²) in [6.07, 6.45) is 95.9. The third kappa shape index (κ3) is 59.2. The van der Waals surface area contributed by atoms with E-state index >= 15 is 0 Å². The molecule has 82 heavy (non-hydrogen) atoms. The average Bonchev–Trinajstić information content (AvgIpc) is 3.52. The highest BCUT2D eigenvalue weighted by Gasteiger charge is 2.14. The number of hydrogen-bond acceptors (Lipinski definition) is 3. The van der Waals surface area contributed by atoms with Crippen molar-refractivity contribution in [1.29, 1.82) is 0 Å². The molecule has 3 heteroatoms. The van der Waals surface area contributed by atoms with Gasteiger partial charge >= 0.3 is 0 Å². The van der Waals surface area contributed by atoms with Crippen LogP contribution in [0.15, 0.2) is 26.8 Å². The van der Waals surface area contributed by atoms with E-state index in [-0.39, 0.29) is 0 Å². The molecule has 0 bridgehead atoms. The van der Waals surface area contributed by atoms with E-state index in [1.807, 2.05) is 0 Å². The van der Waals surface area contributed by atoms with Crippen molar-refractivity contribution in [2.45, 2.75) is 466 Å². The molecule has 486 valence electrons. The maximum atomic E-state index is 2.65. The van der Waals surface area contributed by atoms with Gasteiger partial charge in [0, 0.05) is 14.7 Å². The lowest BCUT2D eigenvalue weighted by molar-refractivity contribution is 0.521. The number of thioether (sulfide) groups is 3. The minimum Gasteiger partial charge on any atom is -0.125 e. The van der Waals surface area contributed by atoms with E-state index in [0.29, 0.717) is 0 Å². The molecule has 0 aliphatic heterocycles. The van der Waals surface area contributed by atoms with Gasteiger partial charge in [0.05, 0.1) is 0 Å². The Morgan fingerprint density at radius 2 is 0.341 bits per heavy atom. The second kappa shape index (κ2) is 70.4. The first kappa shape index (κ1) is 80.3. The van der Waals surface area contributed by atoms with Crippen LogP contribution in [0.4, 0.5) is 0 Å². The highest BCUT2D eigenvalue weighted by atomic mass is 32.2. The smallest absolute Gasteiger partial charge is 0.0344 e. The molecule has 0 saturated carbocycles. The summed E-state index contributed by atoms with van der Waals surface area (Å²) >= 11 is 6.69. The highest BCUT2D eigenvalue weighted by molar-refractivity contribution is 8.03. The van der Waals surface area contributed by atoms with Gasteiger partial charge in [-0.15, -0.1) is 35.3 Å². The molecule has 0 atom stereocenters. The molecule has 0 radical (unpaired) electrons. The SMILES string of the molecule is CCCCCCCCCCCCCCCCCCCCCCCSc1cc(CCCC)cc(SCCCCCCCCCCCCCCCCCCCCCCC)c1SCCCCCCCCCCCCCCCCCCCCCCC. The first-order valence-corrected chi connectivity index (χ1v) is 41.8. The summed E-state index contributed by atoms with van der Waals surface area (Å²) in [4.78, 5) is 4.93. The maximum absolute atomic E-state index is 2.65. The van der Waals surface area contributed by atoms with E-state index in [4.69, 9.17) is 0 Å². The summed E-state index contributed by atoms with van der Waals surface area (Å²) in [6, 6.07) is 5.31. The van der Waals surface area contributed by atoms with Gasteiger partial charge in [0.1, 0.15) is 0 Å². The fourth-order valence-corrected chi connectivity index (χ4v) is 16.5. The number of hydrogen-bond donors (Lipinski definition) is 0. The molecule has 1 rings (SSSR count). The van der Waals surface area contributed by atoms with Crippen molar-refractivity contribution >= 4 is 35.3 Å². The second-order valence-corrected chi connectivity index (χ2v) is 30.2. The summed E-state index contributed by atoms with van der Waals surface area (Å²) in [7, 11) is 0. The molecular formula is C79H152S3. The maximum Gasteiger partial charge on any atom is 0.0344 e. The lowest BCUT2D eigenvalue weighted by Gasteiger charge is -2.17. The zero-order valence-corrected chi connectivity index (χ0v) is 59.6. The van der Waals surface area contributed by atoms with E-state index in [9.17, 15) is 0 Å². The Balaban J connectivity index is 2.42. The third-order valence-corrected chi connectivity index (χ3v) is 22.1. The van der Waals surface area contributed by atoms with Crippen LogP contribution in [0.25, 0.3) is 0 Å². The predicted octanol–water partition coefficient (Wildman–Crippen LogP) is 30.9. The largest absolute Gasteiger partial charge is 0.125 e. The normalized spacial score (nSPS) is 11.8. The molecule has 0 fully saturated rings. The molecule has 0 aromatic heterocycles. The fourth-order valence-electron chi connectivity index (χ4n) is 12.7. The van der Waals surface area contributed by atoms with Gasteiger partial charge < -0.3 is 0 Å². The van der Waals surface area contributed by atoms with E-state index in [1.165, 1.54) is 441 Å². The molecule has 0 saturated heterocycles. The molecule has 0 amide bonds. The van der Waals surface area contributed by atoms with Crippen molar-refractivity contribution in [3.63, 3.8) is 0 Å². The van der Waals surface area contributed by atoms with Crippen LogP contribution in [0.5, 0.6) is 0 Å². The summed E-state index contributed by atoms with van der Waals surface area (Å²) in [5.41, 5.74) is 1.61. The molecule has 0 unspecified atom stereocenters. The molecule has 0 heterocycles. The molecule has 0 aliphatic carbocycles. The lowest BCUT2D eigenvalue weighted by atomic mass is 10.0. The summed E-state index contributed by atoms with van der Waals surface area (Å²) in [5.74, 6) is 3.90. The molecule has 1 aromatic rings. The van der Waals surface area contributed by atoms with Crippen molar-refractivity contribution in [1.82, 2.24) is 0 Å². The first-order chi connectivity index (χ1) is 40.8. The molecule has 0 aliphatic rings. The summed E-state index contributed by atoms with van der Waals surface area (Å²) in [5, 5.41) is 0. The van der Waals surface area contributed by atoms with Crippen molar-refractivity contribution in [3.8, 4) is 0 Å². The van der Waals surface area contributed by atoms with Crippen molar-refractivity contribution in [3.05, 3.63) is 17.7 Å². The van der Waals surface area contributed by atoms with Crippen LogP contribution in [-0.2, 0) is 6.42 Å². The zero-order valence-electron chi connectivity index (χ0n) is 57.2. The van der Waals surface area contributed by atoms with Crippen molar-refractivity contribution in [2.75, 3.05) is 17.3 Å². The Kier molecular flexibility index (Phi) is 68.9. The molecular weight excluding hydrogens is 1050 g/mol. The van der Waals surface area contributed by atoms with Crippen molar-refractivity contribution in [2.24, 2.45) is 0 Å². The molecule has 0 N–H and O–H groups in total. The highest BCUT2D eigenvalue weighted by Crippen LogP contribution is 2.41. The van der Waals surface area contributed by atoms with Crippen LogP contribution in [0.1, 0.15) is 451 Å². The van der Waals surface area contributed by atoms with Crippen LogP contribution < -0.4 is 0 Å². The Morgan fingerprint density at radius 3 is 0.524 bits per heavy atom. The van der Waals surface area contributed by atoms with Gasteiger partial charge in [-0.05, 0) is 67.1 Å². The zero-order chi connectivity index (χ0) is 58.6. The first-order valence-electron chi connectivity index (χ1n) is 38.8. The average molecular weight is 1200 g/mol. The van der Waals surface area contributed by atoms with Crippen LogP contribution in [-0.4, -0.2) is 17.3 Å².